The van der Waals surface area contributed by atoms with Gasteiger partial charge in [-0.25, -0.2) is 8.42 Å². The Hall–Kier alpha value is -3.24. The van der Waals surface area contributed by atoms with E-state index in [0.29, 0.717) is 18.3 Å². The van der Waals surface area contributed by atoms with Crippen LogP contribution < -0.4 is 14.8 Å². The largest absolute Gasteiger partial charge is 0.495 e. The van der Waals surface area contributed by atoms with Crippen LogP contribution in [-0.4, -0.2) is 15.5 Å². The predicted molar refractivity (Wildman–Crippen MR) is 124 cm³/mol. The number of hydrogen-bond donors (Lipinski definition) is 2. The van der Waals surface area contributed by atoms with E-state index in [1.807, 2.05) is 30.3 Å². The standard InChI is InChI=1S/C23H19F3N2O3S2/c1-31-20-11-10-16(23(24,25)26)13-22(20)33(29,30)28-19-8-4-3-7-18(19)27-14-17-12-15-6-2-5-9-21(15)32-17/h2-13,27-28H,14H2,1H3. The van der Waals surface area contributed by atoms with E-state index < -0.39 is 26.7 Å². The Balaban J connectivity index is 1.60. The van der Waals surface area contributed by atoms with Gasteiger partial charge in [-0.15, -0.1) is 11.3 Å². The van der Waals surface area contributed by atoms with E-state index in [9.17, 15) is 21.6 Å². The summed E-state index contributed by atoms with van der Waals surface area (Å²) in [4.78, 5) is 0.451. The van der Waals surface area contributed by atoms with Crippen LogP contribution in [0.5, 0.6) is 5.75 Å². The fourth-order valence-electron chi connectivity index (χ4n) is 3.30. The number of benzene rings is 3. The predicted octanol–water partition coefficient (Wildman–Crippen LogP) is 6.34. The molecule has 0 bridgehead atoms. The number of methoxy groups -OCH3 is 1. The van der Waals surface area contributed by atoms with Crippen molar-refractivity contribution < 1.29 is 26.3 Å². The van der Waals surface area contributed by atoms with Crippen molar-refractivity contribution >= 4 is 42.8 Å². The molecule has 1 heterocycles. The topological polar surface area (TPSA) is 67.4 Å². The number of anilines is 2. The second-order valence-electron chi connectivity index (χ2n) is 7.12. The van der Waals surface area contributed by atoms with Gasteiger partial charge in [-0.1, -0.05) is 30.3 Å². The Morgan fingerprint density at radius 3 is 2.33 bits per heavy atom. The van der Waals surface area contributed by atoms with Crippen LogP contribution in [0, 0.1) is 0 Å². The van der Waals surface area contributed by atoms with E-state index in [2.05, 4.69) is 10.0 Å². The number of halogens is 3. The summed E-state index contributed by atoms with van der Waals surface area (Å²) in [5, 5.41) is 4.32. The SMILES string of the molecule is COc1ccc(C(F)(F)F)cc1S(=O)(=O)Nc1ccccc1NCc1cc2ccccc2s1. The van der Waals surface area contributed by atoms with Crippen molar-refractivity contribution in [1.29, 1.82) is 0 Å². The lowest BCUT2D eigenvalue weighted by Gasteiger charge is -2.16. The van der Waals surface area contributed by atoms with Gasteiger partial charge in [0.15, 0.2) is 0 Å². The highest BCUT2D eigenvalue weighted by Gasteiger charge is 2.33. The number of nitrogens with one attached hydrogen (secondary N) is 2. The summed E-state index contributed by atoms with van der Waals surface area (Å²) in [5.74, 6) is -0.189. The summed E-state index contributed by atoms with van der Waals surface area (Å²) in [7, 11) is -3.18. The van der Waals surface area contributed by atoms with Crippen LogP contribution in [0.3, 0.4) is 0 Å². The number of alkyl halides is 3. The van der Waals surface area contributed by atoms with Gasteiger partial charge >= 0.3 is 6.18 Å². The van der Waals surface area contributed by atoms with Crippen molar-refractivity contribution in [2.24, 2.45) is 0 Å². The van der Waals surface area contributed by atoms with Crippen LogP contribution in [0.2, 0.25) is 0 Å². The molecule has 4 rings (SSSR count). The highest BCUT2D eigenvalue weighted by molar-refractivity contribution is 7.92. The highest BCUT2D eigenvalue weighted by atomic mass is 32.2. The van der Waals surface area contributed by atoms with Crippen LogP contribution in [0.25, 0.3) is 10.1 Å². The number of rotatable bonds is 7. The maximum Gasteiger partial charge on any atom is 0.416 e. The molecule has 3 aromatic carbocycles. The molecule has 5 nitrogen and oxygen atoms in total. The second-order valence-corrected chi connectivity index (χ2v) is 9.94. The van der Waals surface area contributed by atoms with E-state index in [1.54, 1.807) is 29.5 Å². The van der Waals surface area contributed by atoms with Gasteiger partial charge in [0, 0.05) is 16.1 Å². The molecule has 0 aliphatic rings. The van der Waals surface area contributed by atoms with Crippen LogP contribution in [0.1, 0.15) is 10.4 Å². The molecule has 0 saturated heterocycles. The van der Waals surface area contributed by atoms with E-state index in [4.69, 9.17) is 4.74 Å². The maximum atomic E-state index is 13.2. The van der Waals surface area contributed by atoms with Gasteiger partial charge < -0.3 is 10.1 Å². The lowest BCUT2D eigenvalue weighted by molar-refractivity contribution is -0.137. The Morgan fingerprint density at radius 2 is 1.64 bits per heavy atom. The maximum absolute atomic E-state index is 13.2. The summed E-state index contributed by atoms with van der Waals surface area (Å²) in [6.45, 7) is 0.449. The number of para-hydroxylation sites is 2. The van der Waals surface area contributed by atoms with Gasteiger partial charge in [-0.05, 0) is 47.9 Å². The normalized spacial score (nSPS) is 12.0. The molecular formula is C23H19F3N2O3S2. The molecule has 2 N–H and O–H groups in total. The number of thiophene rings is 1. The third-order valence-electron chi connectivity index (χ3n) is 4.88. The molecule has 33 heavy (non-hydrogen) atoms. The van der Waals surface area contributed by atoms with Crippen molar-refractivity contribution in [3.8, 4) is 5.75 Å². The van der Waals surface area contributed by atoms with Gasteiger partial charge in [-0.3, -0.25) is 4.72 Å². The molecule has 0 fully saturated rings. The average molecular weight is 493 g/mol. The summed E-state index contributed by atoms with van der Waals surface area (Å²) < 4.78 is 74.0. The smallest absolute Gasteiger partial charge is 0.416 e. The Labute approximate surface area is 192 Å². The summed E-state index contributed by atoms with van der Waals surface area (Å²) in [6, 6.07) is 18.9. The molecule has 4 aromatic rings. The zero-order valence-corrected chi connectivity index (χ0v) is 18.9. The first-order valence-electron chi connectivity index (χ1n) is 9.76. The summed E-state index contributed by atoms with van der Waals surface area (Å²) >= 11 is 1.62. The Bertz CT molecular complexity index is 1370. The zero-order chi connectivity index (χ0) is 23.6. The van der Waals surface area contributed by atoms with Gasteiger partial charge in [0.25, 0.3) is 10.0 Å². The molecule has 0 unspecified atom stereocenters. The summed E-state index contributed by atoms with van der Waals surface area (Å²) in [6.07, 6.45) is -4.69. The van der Waals surface area contributed by atoms with Gasteiger partial charge in [0.1, 0.15) is 10.6 Å². The minimum absolute atomic E-state index is 0.189. The molecule has 0 atom stereocenters. The van der Waals surface area contributed by atoms with Crippen LogP contribution in [0.4, 0.5) is 24.5 Å². The molecular weight excluding hydrogens is 473 g/mol. The van der Waals surface area contributed by atoms with Crippen molar-refractivity contribution in [1.82, 2.24) is 0 Å². The average Bonchev–Trinajstić information content (AvgIpc) is 3.20. The third-order valence-corrected chi connectivity index (χ3v) is 7.38. The number of hydrogen-bond acceptors (Lipinski definition) is 5. The lowest BCUT2D eigenvalue weighted by atomic mass is 10.2. The van der Waals surface area contributed by atoms with Crippen LogP contribution in [0.15, 0.2) is 77.7 Å². The molecule has 0 saturated carbocycles. The molecule has 10 heteroatoms. The minimum Gasteiger partial charge on any atom is -0.495 e. The third kappa shape index (κ3) is 5.07. The monoisotopic (exact) mass is 492 g/mol. The van der Waals surface area contributed by atoms with E-state index >= 15 is 0 Å². The van der Waals surface area contributed by atoms with Crippen LogP contribution in [-0.2, 0) is 22.7 Å². The molecule has 0 aliphatic heterocycles. The van der Waals surface area contributed by atoms with E-state index in [1.165, 1.54) is 13.2 Å². The van der Waals surface area contributed by atoms with E-state index in [-0.39, 0.29) is 11.4 Å². The van der Waals surface area contributed by atoms with Crippen molar-refractivity contribution in [2.75, 3.05) is 17.1 Å². The molecule has 0 spiro atoms. The molecule has 0 aliphatic carbocycles. The van der Waals surface area contributed by atoms with Gasteiger partial charge in [0.05, 0.1) is 24.0 Å². The Morgan fingerprint density at radius 1 is 0.939 bits per heavy atom. The van der Waals surface area contributed by atoms with Crippen molar-refractivity contribution in [2.45, 2.75) is 17.6 Å². The first-order valence-corrected chi connectivity index (χ1v) is 12.1. The lowest BCUT2D eigenvalue weighted by Crippen LogP contribution is -2.17. The summed E-state index contributed by atoms with van der Waals surface area (Å²) in [5.41, 5.74) is -0.387. The van der Waals surface area contributed by atoms with Crippen molar-refractivity contribution in [3.63, 3.8) is 0 Å². The first-order chi connectivity index (χ1) is 15.7. The number of ether oxygens (including phenoxy) is 1. The molecule has 0 amide bonds. The van der Waals surface area contributed by atoms with Gasteiger partial charge in [-0.2, -0.15) is 13.2 Å². The Kier molecular flexibility index (Phi) is 6.22. The van der Waals surface area contributed by atoms with E-state index in [0.717, 1.165) is 27.1 Å². The minimum atomic E-state index is -4.69. The molecule has 172 valence electrons. The highest BCUT2D eigenvalue weighted by Crippen LogP contribution is 2.36. The molecule has 0 radical (unpaired) electrons. The van der Waals surface area contributed by atoms with Crippen molar-refractivity contribution in [3.05, 3.63) is 83.2 Å². The first kappa shape index (κ1) is 22.9. The second kappa shape index (κ2) is 8.95. The quantitative estimate of drug-likeness (QED) is 0.316. The molecule has 1 aromatic heterocycles. The van der Waals surface area contributed by atoms with Gasteiger partial charge in [0.2, 0.25) is 0 Å². The van der Waals surface area contributed by atoms with Crippen LogP contribution >= 0.6 is 11.3 Å². The zero-order valence-electron chi connectivity index (χ0n) is 17.3. The number of sulfonamides is 1. The fourth-order valence-corrected chi connectivity index (χ4v) is 5.58. The number of fused-ring (bicyclic) bond motifs is 1. The fraction of sp³-hybridized carbons (Fsp3) is 0.130.